The molecular weight excluding hydrogens is 1460 g/mol. The van der Waals surface area contributed by atoms with Crippen molar-refractivity contribution in [3.63, 3.8) is 0 Å². The van der Waals surface area contributed by atoms with Gasteiger partial charge in [-0.3, -0.25) is 33.9 Å². The molecule has 0 bridgehead atoms. The van der Waals surface area contributed by atoms with E-state index in [0.717, 1.165) is 60.3 Å². The molecule has 3 aromatic heterocycles. The zero-order valence-electron chi connectivity index (χ0n) is 63.3. The number of fused-ring (bicyclic) bond motifs is 2. The molecule has 0 atom stereocenters. The number of halogens is 6. The van der Waals surface area contributed by atoms with E-state index in [1.165, 1.54) is 76.9 Å². The molecular formula is C76H83F6N23O7. The molecule has 10 amide bonds. The molecule has 586 valence electrons. The number of aromatic nitrogens is 9. The molecule has 12 rings (SSSR count). The number of alkyl halides is 6. The SMILES string of the molecule is CNc1ncnc(N(C)C(=O)Nc2cc(C(=O)N3CCCc4ccc(C(F)(F)F)cc43)ccc2C)n1.CNc1ncnc(N(C)C(=O)Nc2cc(C(=O)Nc3cc(C(F)(F)F)ccc3N3CCCCC3)ccc2C)n1.CNc1ncnc(N(C)C(=O)Nc2cc(C(=O)Nc3ccc4c(c3)C(C)(C)CN4C(C)=O)ccc2C)n1. The van der Waals surface area contributed by atoms with E-state index in [9.17, 15) is 59.9 Å². The van der Waals surface area contributed by atoms with Crippen molar-refractivity contribution < 1.29 is 59.9 Å². The van der Waals surface area contributed by atoms with Crippen LogP contribution in [0.4, 0.5) is 122 Å². The molecule has 0 radical (unpaired) electrons. The number of nitrogens with one attached hydrogen (secondary N) is 8. The number of hydrogen-bond donors (Lipinski definition) is 8. The van der Waals surface area contributed by atoms with Gasteiger partial charge in [-0.2, -0.15) is 41.3 Å². The molecule has 0 spiro atoms. The highest BCUT2D eigenvalue weighted by molar-refractivity contribution is 6.10. The predicted molar refractivity (Wildman–Crippen MR) is 416 cm³/mol. The number of benzene rings is 6. The van der Waals surface area contributed by atoms with Crippen LogP contribution in [0.15, 0.2) is 128 Å². The fourth-order valence-corrected chi connectivity index (χ4v) is 12.2. The van der Waals surface area contributed by atoms with Gasteiger partial charge in [-0.15, -0.1) is 0 Å². The summed E-state index contributed by atoms with van der Waals surface area (Å²) in [6.45, 7) is 13.3. The van der Waals surface area contributed by atoms with Crippen molar-refractivity contribution >= 4 is 123 Å². The lowest BCUT2D eigenvalue weighted by molar-refractivity contribution is -0.138. The molecule has 0 unspecified atom stereocenters. The highest BCUT2D eigenvalue weighted by Crippen LogP contribution is 2.43. The van der Waals surface area contributed by atoms with Crippen LogP contribution >= 0.6 is 0 Å². The van der Waals surface area contributed by atoms with E-state index in [2.05, 4.69) is 101 Å². The van der Waals surface area contributed by atoms with Gasteiger partial charge in [0.1, 0.15) is 19.0 Å². The third-order valence-electron chi connectivity index (χ3n) is 18.6. The van der Waals surface area contributed by atoms with E-state index in [1.54, 1.807) is 102 Å². The summed E-state index contributed by atoms with van der Waals surface area (Å²) < 4.78 is 80.3. The minimum Gasteiger partial charge on any atom is -0.370 e. The third-order valence-corrected chi connectivity index (χ3v) is 18.6. The number of carbonyl (C=O) groups excluding carboxylic acids is 7. The van der Waals surface area contributed by atoms with Gasteiger partial charge in [-0.25, -0.2) is 44.3 Å². The number of amides is 10. The molecule has 6 aromatic carbocycles. The number of carbonyl (C=O) groups is 7. The highest BCUT2D eigenvalue weighted by atomic mass is 19.4. The maximum atomic E-state index is 13.5. The van der Waals surface area contributed by atoms with Crippen LogP contribution in [0, 0.1) is 20.8 Å². The van der Waals surface area contributed by atoms with Gasteiger partial charge in [0.25, 0.3) is 17.7 Å². The molecule has 1 saturated heterocycles. The maximum Gasteiger partial charge on any atom is 0.416 e. The molecule has 3 aliphatic heterocycles. The minimum absolute atomic E-state index is 0.0125. The summed E-state index contributed by atoms with van der Waals surface area (Å²) >= 11 is 0. The largest absolute Gasteiger partial charge is 0.416 e. The Hall–Kier alpha value is -13.2. The Labute approximate surface area is 640 Å². The van der Waals surface area contributed by atoms with Crippen LogP contribution in [0.1, 0.15) is 116 Å². The van der Waals surface area contributed by atoms with E-state index in [-0.39, 0.29) is 63.5 Å². The molecule has 30 nitrogen and oxygen atoms in total. The van der Waals surface area contributed by atoms with Gasteiger partial charge < -0.3 is 57.2 Å². The number of rotatable bonds is 15. The summed E-state index contributed by atoms with van der Waals surface area (Å²) in [6, 6.07) is 25.4. The van der Waals surface area contributed by atoms with Gasteiger partial charge in [0.05, 0.1) is 22.5 Å². The van der Waals surface area contributed by atoms with Gasteiger partial charge in [-0.1, -0.05) is 38.1 Å². The van der Waals surface area contributed by atoms with Crippen LogP contribution in [0.25, 0.3) is 0 Å². The molecule has 6 heterocycles. The molecule has 1 fully saturated rings. The Morgan fingerprint density at radius 2 is 0.884 bits per heavy atom. The summed E-state index contributed by atoms with van der Waals surface area (Å²) in [7, 11) is 9.44. The highest BCUT2D eigenvalue weighted by Gasteiger charge is 2.38. The van der Waals surface area contributed by atoms with E-state index in [0.29, 0.717) is 102 Å². The molecule has 36 heteroatoms. The van der Waals surface area contributed by atoms with Crippen LogP contribution in [0.2, 0.25) is 0 Å². The van der Waals surface area contributed by atoms with E-state index < -0.39 is 53.4 Å². The van der Waals surface area contributed by atoms with Gasteiger partial charge in [0.2, 0.25) is 41.6 Å². The van der Waals surface area contributed by atoms with Crippen molar-refractivity contribution in [2.24, 2.45) is 0 Å². The van der Waals surface area contributed by atoms with Crippen LogP contribution < -0.4 is 71.9 Å². The number of nitrogens with zero attached hydrogens (tertiary/aromatic N) is 15. The lowest BCUT2D eigenvalue weighted by atomic mass is 9.87. The van der Waals surface area contributed by atoms with Crippen molar-refractivity contribution in [2.75, 3.05) is 140 Å². The van der Waals surface area contributed by atoms with Gasteiger partial charge in [0, 0.05) is 132 Å². The van der Waals surface area contributed by atoms with Gasteiger partial charge in [0.15, 0.2) is 0 Å². The topological polar surface area (TPSA) is 351 Å². The van der Waals surface area contributed by atoms with Crippen molar-refractivity contribution in [3.8, 4) is 0 Å². The standard InChI is InChI=1S/C26H29F3N8O2.C26H30N8O3.C24H24F3N7O2/c1-16-7-8-17(13-19(16)34-25(39)36(3)24-32-15-31-23(30-2)35-24)22(38)33-20-14-18(26(27,28)29)9-10-21(20)37-11-5-4-6-12-37;1-15-7-8-17(11-20(15)31-25(37)33(6)24-29-14-28-23(27-5)32-24)22(36)30-18-9-10-21-19(12-18)26(3,4)13-34(21)16(2)35;1-14-6-7-16(11-18(14)31-23(36)33(3)22-30-13-29-21(28-2)32-22)20(35)34-10-4-5-15-8-9-17(12-19(15)34)24(25,26)27/h7-10,13-15H,4-6,11-12H2,1-3H3,(H,33,38)(H,34,39)(H,30,31,32,35);7-12,14H,13H2,1-6H3,(H,30,36)(H,31,37)(H,27,28,29,32);6-9,11-13H,4-5,10H2,1-3H3,(H,31,36)(H,28,29,30,32). The molecule has 3 aliphatic rings. The van der Waals surface area contributed by atoms with Crippen molar-refractivity contribution in [3.05, 3.63) is 184 Å². The Morgan fingerprint density at radius 1 is 0.446 bits per heavy atom. The molecule has 8 N–H and O–H groups in total. The summed E-state index contributed by atoms with van der Waals surface area (Å²) in [5.74, 6) is -0.0830. The Kier molecular flexibility index (Phi) is 25.1. The van der Waals surface area contributed by atoms with Crippen LogP contribution in [0.5, 0.6) is 0 Å². The first-order valence-corrected chi connectivity index (χ1v) is 35.2. The van der Waals surface area contributed by atoms with E-state index >= 15 is 0 Å². The van der Waals surface area contributed by atoms with Crippen LogP contribution in [-0.4, -0.2) is 155 Å². The average Bonchev–Trinajstić information content (AvgIpc) is 1.63. The first-order valence-electron chi connectivity index (χ1n) is 35.2. The summed E-state index contributed by atoms with van der Waals surface area (Å²) in [5.41, 5.74) is 6.30. The molecule has 9 aromatic rings. The van der Waals surface area contributed by atoms with Gasteiger partial charge in [-0.05, 0) is 166 Å². The second kappa shape index (κ2) is 34.6. The monoisotopic (exact) mass is 1540 g/mol. The van der Waals surface area contributed by atoms with Crippen molar-refractivity contribution in [1.82, 2.24) is 44.9 Å². The smallest absolute Gasteiger partial charge is 0.370 e. The zero-order valence-corrected chi connectivity index (χ0v) is 63.3. The van der Waals surface area contributed by atoms with Crippen LogP contribution in [-0.2, 0) is 29.0 Å². The van der Waals surface area contributed by atoms with E-state index in [1.807, 2.05) is 24.0 Å². The number of piperidine rings is 1. The molecule has 0 saturated carbocycles. The molecule has 0 aliphatic carbocycles. The maximum absolute atomic E-state index is 13.5. The summed E-state index contributed by atoms with van der Waals surface area (Å²) in [6.07, 6.45) is -1.11. The average molecular weight is 1540 g/mol. The van der Waals surface area contributed by atoms with E-state index in [4.69, 9.17) is 0 Å². The lowest BCUT2D eigenvalue weighted by Crippen LogP contribution is -2.36. The second-order valence-electron chi connectivity index (χ2n) is 26.9. The number of hydrogen-bond acceptors (Lipinski definition) is 20. The summed E-state index contributed by atoms with van der Waals surface area (Å²) in [5, 5.41) is 22.2. The first kappa shape index (κ1) is 81.3. The fraction of sp³-hybridized carbons (Fsp3) is 0.316. The Morgan fingerprint density at radius 3 is 1.35 bits per heavy atom. The number of anilines is 14. The first-order chi connectivity index (χ1) is 53.1. The van der Waals surface area contributed by atoms with Gasteiger partial charge >= 0.3 is 30.4 Å². The predicted octanol–water partition coefficient (Wildman–Crippen LogP) is 13.4. The Bertz CT molecular complexity index is 5040. The zero-order chi connectivity index (χ0) is 81.1. The minimum atomic E-state index is -4.56. The Balaban J connectivity index is 0.000000178. The number of urea groups is 3. The normalized spacial score (nSPS) is 13.4. The summed E-state index contributed by atoms with van der Waals surface area (Å²) in [4.78, 5) is 135. The van der Waals surface area contributed by atoms with Crippen molar-refractivity contribution in [1.29, 1.82) is 0 Å². The van der Waals surface area contributed by atoms with Crippen molar-refractivity contribution in [2.45, 2.75) is 91.4 Å². The quantitative estimate of drug-likeness (QED) is 0.0442. The number of aryl methyl sites for hydroxylation is 4. The molecule has 112 heavy (non-hydrogen) atoms. The lowest BCUT2D eigenvalue weighted by Gasteiger charge is -2.31. The fourth-order valence-electron chi connectivity index (χ4n) is 12.2. The van der Waals surface area contributed by atoms with Crippen LogP contribution in [0.3, 0.4) is 0 Å². The second-order valence-corrected chi connectivity index (χ2v) is 26.9. The third kappa shape index (κ3) is 19.4.